The zero-order valence-corrected chi connectivity index (χ0v) is 16.8. The van der Waals surface area contributed by atoms with Crippen molar-refractivity contribution >= 4 is 17.6 Å². The van der Waals surface area contributed by atoms with Gasteiger partial charge in [-0.3, -0.25) is 0 Å². The minimum Gasteiger partial charge on any atom is -0.493 e. The van der Waals surface area contributed by atoms with Gasteiger partial charge in [-0.25, -0.2) is 9.97 Å². The first-order valence-corrected chi connectivity index (χ1v) is 9.51. The summed E-state index contributed by atoms with van der Waals surface area (Å²) in [6.07, 6.45) is 2.55. The van der Waals surface area contributed by atoms with Crippen LogP contribution in [0, 0.1) is 0 Å². The van der Waals surface area contributed by atoms with Gasteiger partial charge in [-0.2, -0.15) is 4.98 Å². The van der Waals surface area contributed by atoms with Gasteiger partial charge in [0.05, 0.1) is 14.2 Å². The number of likely N-dealkylation sites (N-methyl/N-ethyl adjacent to an activating group) is 1. The number of benzene rings is 1. The van der Waals surface area contributed by atoms with Crippen LogP contribution >= 0.6 is 0 Å². The molecule has 0 unspecified atom stereocenters. The smallest absolute Gasteiger partial charge is 0.231 e. The minimum absolute atomic E-state index is 0.476. The van der Waals surface area contributed by atoms with E-state index in [4.69, 9.17) is 9.47 Å². The molecule has 2 aromatic rings. The molecule has 1 aliphatic heterocycles. The second-order valence-corrected chi connectivity index (χ2v) is 6.75. The topological polar surface area (TPSA) is 87.7 Å². The van der Waals surface area contributed by atoms with E-state index in [9.17, 15) is 0 Å². The summed E-state index contributed by atoms with van der Waals surface area (Å²) in [5.74, 6) is 2.36. The lowest BCUT2D eigenvalue weighted by Crippen LogP contribution is -2.44. The van der Waals surface area contributed by atoms with Crippen molar-refractivity contribution in [1.29, 1.82) is 0 Å². The van der Waals surface area contributed by atoms with Gasteiger partial charge in [0.1, 0.15) is 6.33 Å². The van der Waals surface area contributed by atoms with E-state index >= 15 is 0 Å². The lowest BCUT2D eigenvalue weighted by atomic mass is 10.3. The van der Waals surface area contributed by atoms with E-state index in [0.29, 0.717) is 23.4 Å². The number of rotatable bonds is 9. The van der Waals surface area contributed by atoms with Crippen LogP contribution in [-0.2, 0) is 0 Å². The zero-order valence-electron chi connectivity index (χ0n) is 16.8. The van der Waals surface area contributed by atoms with Crippen molar-refractivity contribution in [2.45, 2.75) is 6.42 Å². The Kier molecular flexibility index (Phi) is 7.21. The van der Waals surface area contributed by atoms with E-state index in [1.54, 1.807) is 14.2 Å². The molecule has 0 aliphatic carbocycles. The van der Waals surface area contributed by atoms with E-state index in [1.807, 2.05) is 18.2 Å². The standard InChI is InChI=1S/C19H29N7O2/c1-25-9-11-26(12-10-25)8-4-7-20-18-21-14-22-19(24-18)23-15-5-6-16(27-2)17(13-15)28-3/h5-6,13-14H,4,7-12H2,1-3H3,(H2,20,21,22,23,24). The summed E-state index contributed by atoms with van der Waals surface area (Å²) in [7, 11) is 5.39. The average Bonchev–Trinajstić information content (AvgIpc) is 2.72. The van der Waals surface area contributed by atoms with Crippen LogP contribution in [0.3, 0.4) is 0 Å². The number of anilines is 3. The molecule has 1 aromatic carbocycles. The first-order chi connectivity index (χ1) is 13.7. The monoisotopic (exact) mass is 387 g/mol. The number of hydrogen-bond donors (Lipinski definition) is 2. The molecule has 0 atom stereocenters. The number of aromatic nitrogens is 3. The number of hydrogen-bond acceptors (Lipinski definition) is 9. The molecule has 0 spiro atoms. The quantitative estimate of drug-likeness (QED) is 0.624. The number of methoxy groups -OCH3 is 2. The fourth-order valence-electron chi connectivity index (χ4n) is 3.06. The summed E-state index contributed by atoms with van der Waals surface area (Å²) in [5.41, 5.74) is 0.810. The molecule has 0 saturated carbocycles. The highest BCUT2D eigenvalue weighted by atomic mass is 16.5. The van der Waals surface area contributed by atoms with Gasteiger partial charge in [0.25, 0.3) is 0 Å². The van der Waals surface area contributed by atoms with Crippen molar-refractivity contribution in [2.75, 3.05) is 71.2 Å². The van der Waals surface area contributed by atoms with Gasteiger partial charge in [-0.05, 0) is 32.1 Å². The number of ether oxygens (including phenoxy) is 2. The van der Waals surface area contributed by atoms with Gasteiger partial charge < -0.3 is 29.9 Å². The third kappa shape index (κ3) is 5.67. The number of nitrogens with one attached hydrogen (secondary N) is 2. The fourth-order valence-corrected chi connectivity index (χ4v) is 3.06. The summed E-state index contributed by atoms with van der Waals surface area (Å²) in [5, 5.41) is 6.44. The van der Waals surface area contributed by atoms with Gasteiger partial charge in [0.2, 0.25) is 11.9 Å². The lowest BCUT2D eigenvalue weighted by molar-refractivity contribution is 0.154. The van der Waals surface area contributed by atoms with Crippen LogP contribution in [0.25, 0.3) is 0 Å². The molecule has 9 nitrogen and oxygen atoms in total. The highest BCUT2D eigenvalue weighted by Crippen LogP contribution is 2.30. The average molecular weight is 387 g/mol. The summed E-state index contributed by atoms with van der Waals surface area (Å²) < 4.78 is 10.6. The molecule has 1 aromatic heterocycles. The molecule has 1 saturated heterocycles. The Labute approximate surface area is 166 Å². The number of piperazine rings is 1. The highest BCUT2D eigenvalue weighted by molar-refractivity contribution is 5.60. The second kappa shape index (κ2) is 10.0. The molecule has 0 amide bonds. The Morgan fingerprint density at radius 2 is 1.75 bits per heavy atom. The van der Waals surface area contributed by atoms with Crippen LogP contribution in [0.4, 0.5) is 17.6 Å². The third-order valence-electron chi connectivity index (χ3n) is 4.74. The van der Waals surface area contributed by atoms with E-state index in [-0.39, 0.29) is 0 Å². The van der Waals surface area contributed by atoms with Crippen LogP contribution in [0.2, 0.25) is 0 Å². The van der Waals surface area contributed by atoms with Crippen molar-refractivity contribution in [3.63, 3.8) is 0 Å². The van der Waals surface area contributed by atoms with Crippen LogP contribution in [0.1, 0.15) is 6.42 Å². The second-order valence-electron chi connectivity index (χ2n) is 6.75. The Balaban J connectivity index is 1.48. The molecular formula is C19H29N7O2. The molecule has 2 N–H and O–H groups in total. The van der Waals surface area contributed by atoms with Gasteiger partial charge in [0.15, 0.2) is 11.5 Å². The van der Waals surface area contributed by atoms with E-state index < -0.39 is 0 Å². The predicted molar refractivity (Wildman–Crippen MR) is 110 cm³/mol. The predicted octanol–water partition coefficient (Wildman–Crippen LogP) is 1.68. The molecule has 1 aliphatic rings. The number of nitrogens with zero attached hydrogens (tertiary/aromatic N) is 5. The van der Waals surface area contributed by atoms with Crippen molar-refractivity contribution in [2.24, 2.45) is 0 Å². The third-order valence-corrected chi connectivity index (χ3v) is 4.74. The Bertz CT molecular complexity index is 751. The first kappa shape index (κ1) is 20.1. The summed E-state index contributed by atoms with van der Waals surface area (Å²) in [6.45, 7) is 6.48. The fraction of sp³-hybridized carbons (Fsp3) is 0.526. The van der Waals surface area contributed by atoms with Gasteiger partial charge in [-0.1, -0.05) is 0 Å². The Hall–Kier alpha value is -2.65. The normalized spacial score (nSPS) is 15.2. The largest absolute Gasteiger partial charge is 0.493 e. The molecule has 3 rings (SSSR count). The van der Waals surface area contributed by atoms with Crippen LogP contribution in [0.5, 0.6) is 11.5 Å². The highest BCUT2D eigenvalue weighted by Gasteiger charge is 2.12. The molecule has 1 fully saturated rings. The van der Waals surface area contributed by atoms with Crippen molar-refractivity contribution < 1.29 is 9.47 Å². The molecule has 0 radical (unpaired) electrons. The first-order valence-electron chi connectivity index (χ1n) is 9.51. The van der Waals surface area contributed by atoms with Gasteiger partial charge >= 0.3 is 0 Å². The van der Waals surface area contributed by atoms with Crippen LogP contribution < -0.4 is 20.1 Å². The summed E-state index contributed by atoms with van der Waals surface area (Å²) in [6, 6.07) is 5.56. The van der Waals surface area contributed by atoms with E-state index in [0.717, 1.165) is 51.4 Å². The molecule has 28 heavy (non-hydrogen) atoms. The Morgan fingerprint density at radius 1 is 1.00 bits per heavy atom. The summed E-state index contributed by atoms with van der Waals surface area (Å²) in [4.78, 5) is 17.7. The maximum absolute atomic E-state index is 5.32. The molecule has 0 bridgehead atoms. The zero-order chi connectivity index (χ0) is 19.8. The molecule has 9 heteroatoms. The van der Waals surface area contributed by atoms with Crippen molar-refractivity contribution in [1.82, 2.24) is 24.8 Å². The van der Waals surface area contributed by atoms with Gasteiger partial charge in [-0.15, -0.1) is 0 Å². The van der Waals surface area contributed by atoms with Crippen molar-refractivity contribution in [3.8, 4) is 11.5 Å². The maximum atomic E-state index is 5.32. The van der Waals surface area contributed by atoms with E-state index in [1.165, 1.54) is 6.33 Å². The minimum atomic E-state index is 0.476. The molecule has 2 heterocycles. The SMILES string of the molecule is COc1ccc(Nc2ncnc(NCCCN3CCN(C)CC3)n2)cc1OC. The van der Waals surface area contributed by atoms with Crippen molar-refractivity contribution in [3.05, 3.63) is 24.5 Å². The Morgan fingerprint density at radius 3 is 2.50 bits per heavy atom. The van der Waals surface area contributed by atoms with Gasteiger partial charge in [0, 0.05) is 44.5 Å². The maximum Gasteiger partial charge on any atom is 0.231 e. The van der Waals surface area contributed by atoms with E-state index in [2.05, 4.69) is 42.4 Å². The van der Waals surface area contributed by atoms with Crippen LogP contribution in [0.15, 0.2) is 24.5 Å². The lowest BCUT2D eigenvalue weighted by Gasteiger charge is -2.32. The van der Waals surface area contributed by atoms with Crippen LogP contribution in [-0.4, -0.2) is 85.3 Å². The molecule has 152 valence electrons. The summed E-state index contributed by atoms with van der Waals surface area (Å²) >= 11 is 0. The molecular weight excluding hydrogens is 358 g/mol.